The molecule has 8 heteroatoms. The maximum Gasteiger partial charge on any atom is 0.311 e. The summed E-state index contributed by atoms with van der Waals surface area (Å²) >= 11 is 2.40. The molecule has 0 fully saturated rings. The van der Waals surface area contributed by atoms with Crippen LogP contribution in [0.3, 0.4) is 0 Å². The van der Waals surface area contributed by atoms with Crippen LogP contribution in [0.2, 0.25) is 0 Å². The van der Waals surface area contributed by atoms with Crippen molar-refractivity contribution in [2.45, 2.75) is 26.7 Å². The second-order valence-electron chi connectivity index (χ2n) is 5.80. The number of aromatic nitrogens is 1. The third-order valence-corrected chi connectivity index (χ3v) is 5.38. The van der Waals surface area contributed by atoms with E-state index in [0.29, 0.717) is 29.6 Å². The van der Waals surface area contributed by atoms with Crippen molar-refractivity contribution >= 4 is 45.2 Å². The van der Waals surface area contributed by atoms with Crippen molar-refractivity contribution in [2.75, 3.05) is 17.7 Å². The van der Waals surface area contributed by atoms with Crippen molar-refractivity contribution in [3.63, 3.8) is 0 Å². The van der Waals surface area contributed by atoms with Crippen LogP contribution in [0.5, 0.6) is 0 Å². The molecular formula is C19H22N2O4S2. The van der Waals surface area contributed by atoms with Crippen LogP contribution in [0.25, 0.3) is 0 Å². The van der Waals surface area contributed by atoms with Gasteiger partial charge in [-0.1, -0.05) is 42.1 Å². The fourth-order valence-electron chi connectivity index (χ4n) is 2.36. The lowest BCUT2D eigenvalue weighted by molar-refractivity contribution is -0.142. The van der Waals surface area contributed by atoms with Crippen LogP contribution in [-0.4, -0.2) is 34.3 Å². The van der Waals surface area contributed by atoms with Gasteiger partial charge >= 0.3 is 5.97 Å². The van der Waals surface area contributed by atoms with Crippen LogP contribution < -0.4 is 5.32 Å². The third-order valence-electron chi connectivity index (χ3n) is 3.60. The summed E-state index contributed by atoms with van der Waals surface area (Å²) < 4.78 is 4.90. The number of nitrogens with zero attached hydrogens (tertiary/aromatic N) is 1. The van der Waals surface area contributed by atoms with E-state index in [-0.39, 0.29) is 29.3 Å². The van der Waals surface area contributed by atoms with Gasteiger partial charge in [-0.2, -0.15) is 0 Å². The molecule has 1 heterocycles. The molecule has 6 nitrogen and oxygen atoms in total. The first kappa shape index (κ1) is 21.1. The number of benzene rings is 1. The minimum Gasteiger partial charge on any atom is -0.466 e. The smallest absolute Gasteiger partial charge is 0.311 e. The highest BCUT2D eigenvalue weighted by Crippen LogP contribution is 2.21. The van der Waals surface area contributed by atoms with Crippen molar-refractivity contribution in [1.82, 2.24) is 4.98 Å². The lowest BCUT2D eigenvalue weighted by atomic mass is 10.0. The molecule has 0 bridgehead atoms. The first-order chi connectivity index (χ1) is 13.0. The van der Waals surface area contributed by atoms with Gasteiger partial charge in [0.15, 0.2) is 10.2 Å². The zero-order chi connectivity index (χ0) is 19.6. The predicted octanol–water partition coefficient (Wildman–Crippen LogP) is 3.33. The summed E-state index contributed by atoms with van der Waals surface area (Å²) in [4.78, 5) is 39.8. The number of nitrogens with one attached hydrogen (secondary N) is 1. The number of anilines is 1. The monoisotopic (exact) mass is 406 g/mol. The van der Waals surface area contributed by atoms with E-state index in [9.17, 15) is 14.4 Å². The molecule has 2 aromatic rings. The maximum atomic E-state index is 12.7. The Balaban J connectivity index is 2.00. The van der Waals surface area contributed by atoms with E-state index in [1.165, 1.54) is 18.3 Å². The first-order valence-electron chi connectivity index (χ1n) is 8.56. The van der Waals surface area contributed by atoms with Crippen molar-refractivity contribution in [3.05, 3.63) is 47.0 Å². The van der Waals surface area contributed by atoms with Gasteiger partial charge in [0.05, 0.1) is 24.6 Å². The molecule has 2 rings (SSSR count). The lowest BCUT2D eigenvalue weighted by Crippen LogP contribution is -2.27. The van der Waals surface area contributed by atoms with Gasteiger partial charge < -0.3 is 10.1 Å². The van der Waals surface area contributed by atoms with E-state index in [2.05, 4.69) is 10.3 Å². The van der Waals surface area contributed by atoms with Gasteiger partial charge in [0.2, 0.25) is 5.91 Å². The number of ether oxygens (including phenoxy) is 1. The normalized spacial score (nSPS) is 11.6. The predicted molar refractivity (Wildman–Crippen MR) is 108 cm³/mol. The molecule has 1 N–H and O–H groups in total. The molecule has 0 saturated heterocycles. The molecule has 0 aliphatic heterocycles. The SMILES string of the molecule is CCOC(=O)Cc1csc(NC(=O)C(CSC(C)=O)Cc2ccccc2)n1. The van der Waals surface area contributed by atoms with Crippen LogP contribution in [0, 0.1) is 5.92 Å². The Bertz CT molecular complexity index is 777. The minimum absolute atomic E-state index is 0.0215. The lowest BCUT2D eigenvalue weighted by Gasteiger charge is -2.15. The average Bonchev–Trinajstić information content (AvgIpc) is 3.06. The Morgan fingerprint density at radius 2 is 2.00 bits per heavy atom. The summed E-state index contributed by atoms with van der Waals surface area (Å²) in [5.41, 5.74) is 1.59. The molecule has 1 aromatic carbocycles. The fraction of sp³-hybridized carbons (Fsp3) is 0.368. The second-order valence-corrected chi connectivity index (χ2v) is 7.86. The highest BCUT2D eigenvalue weighted by molar-refractivity contribution is 8.13. The Morgan fingerprint density at radius 1 is 1.26 bits per heavy atom. The number of hydrogen-bond donors (Lipinski definition) is 1. The molecule has 1 unspecified atom stereocenters. The van der Waals surface area contributed by atoms with Gasteiger partial charge in [0, 0.05) is 18.1 Å². The van der Waals surface area contributed by atoms with Gasteiger partial charge in [-0.3, -0.25) is 14.4 Å². The summed E-state index contributed by atoms with van der Waals surface area (Å²) in [5.74, 6) is -0.499. The number of thioether (sulfide) groups is 1. The molecule has 1 atom stereocenters. The molecule has 0 aliphatic carbocycles. The molecule has 1 aromatic heterocycles. The quantitative estimate of drug-likeness (QED) is 0.643. The number of rotatable bonds is 9. The van der Waals surface area contributed by atoms with Gasteiger partial charge in [-0.15, -0.1) is 11.3 Å². The van der Waals surface area contributed by atoms with Crippen LogP contribution in [-0.2, 0) is 32.0 Å². The van der Waals surface area contributed by atoms with Crippen molar-refractivity contribution < 1.29 is 19.1 Å². The molecule has 0 spiro atoms. The standard InChI is InChI=1S/C19H22N2O4S2/c1-3-25-17(23)10-16-12-27-19(20-16)21-18(24)15(11-26-13(2)22)9-14-7-5-4-6-8-14/h4-8,12,15H,3,9-11H2,1-2H3,(H,20,21,24). The van der Waals surface area contributed by atoms with Crippen LogP contribution in [0.15, 0.2) is 35.7 Å². The highest BCUT2D eigenvalue weighted by atomic mass is 32.2. The van der Waals surface area contributed by atoms with Crippen molar-refractivity contribution in [3.8, 4) is 0 Å². The Hall–Kier alpha value is -2.19. The van der Waals surface area contributed by atoms with Gasteiger partial charge in [-0.25, -0.2) is 4.98 Å². The zero-order valence-corrected chi connectivity index (χ0v) is 16.9. The minimum atomic E-state index is -0.362. The summed E-state index contributed by atoms with van der Waals surface area (Å²) in [6.45, 7) is 3.56. The third kappa shape index (κ3) is 7.52. The van der Waals surface area contributed by atoms with Gasteiger partial charge in [0.1, 0.15) is 0 Å². The van der Waals surface area contributed by atoms with Crippen LogP contribution in [0.4, 0.5) is 5.13 Å². The summed E-state index contributed by atoms with van der Waals surface area (Å²) in [7, 11) is 0. The molecule has 1 amide bonds. The molecule has 0 aliphatic rings. The largest absolute Gasteiger partial charge is 0.466 e. The van der Waals surface area contributed by atoms with Crippen molar-refractivity contribution in [1.29, 1.82) is 0 Å². The Kier molecular flexibility index (Phi) is 8.47. The van der Waals surface area contributed by atoms with Crippen LogP contribution >= 0.6 is 23.1 Å². The molecule has 27 heavy (non-hydrogen) atoms. The summed E-state index contributed by atoms with van der Waals surface area (Å²) in [5, 5.41) is 4.94. The highest BCUT2D eigenvalue weighted by Gasteiger charge is 2.21. The van der Waals surface area contributed by atoms with Gasteiger partial charge in [0.25, 0.3) is 0 Å². The number of esters is 1. The summed E-state index contributed by atoms with van der Waals surface area (Å²) in [6, 6.07) is 9.68. The average molecular weight is 407 g/mol. The van der Waals surface area contributed by atoms with Crippen molar-refractivity contribution in [2.24, 2.45) is 5.92 Å². The topological polar surface area (TPSA) is 85.4 Å². The van der Waals surface area contributed by atoms with E-state index in [0.717, 1.165) is 17.3 Å². The molecule has 0 radical (unpaired) electrons. The number of hydrogen-bond acceptors (Lipinski definition) is 7. The van der Waals surface area contributed by atoms with Gasteiger partial charge in [-0.05, 0) is 18.9 Å². The fourth-order valence-corrected chi connectivity index (χ4v) is 3.78. The second kappa shape index (κ2) is 10.8. The van der Waals surface area contributed by atoms with E-state index in [1.807, 2.05) is 30.3 Å². The van der Waals surface area contributed by atoms with Crippen LogP contribution in [0.1, 0.15) is 25.1 Å². The maximum absolute atomic E-state index is 12.7. The Labute approximate surface area is 166 Å². The summed E-state index contributed by atoms with van der Waals surface area (Å²) in [6.07, 6.45) is 0.613. The Morgan fingerprint density at radius 3 is 2.67 bits per heavy atom. The number of thiazole rings is 1. The molecule has 144 valence electrons. The number of amides is 1. The molecular weight excluding hydrogens is 384 g/mol. The van der Waals surface area contributed by atoms with E-state index < -0.39 is 0 Å². The molecule has 0 saturated carbocycles. The van der Waals surface area contributed by atoms with E-state index in [1.54, 1.807) is 12.3 Å². The van der Waals surface area contributed by atoms with E-state index in [4.69, 9.17) is 4.74 Å². The number of carbonyl (C=O) groups is 3. The zero-order valence-electron chi connectivity index (χ0n) is 15.3. The number of carbonyl (C=O) groups excluding carboxylic acids is 3. The van der Waals surface area contributed by atoms with E-state index >= 15 is 0 Å². The first-order valence-corrected chi connectivity index (χ1v) is 10.4.